The molecule has 1 aromatic carbocycles. The summed E-state index contributed by atoms with van der Waals surface area (Å²) in [6.45, 7) is 3.17. The van der Waals surface area contributed by atoms with E-state index in [2.05, 4.69) is 5.32 Å². The third-order valence-electron chi connectivity index (χ3n) is 4.24. The highest BCUT2D eigenvalue weighted by molar-refractivity contribution is 5.91. The summed E-state index contributed by atoms with van der Waals surface area (Å²) < 4.78 is 10.7. The topological polar surface area (TPSA) is 71.8 Å². The average molecular weight is 342 g/mol. The minimum atomic E-state index is -0.141. The Kier molecular flexibility index (Phi) is 5.38. The number of nitrogens with one attached hydrogen (secondary N) is 1. The molecule has 2 heterocycles. The van der Waals surface area contributed by atoms with Gasteiger partial charge in [0.1, 0.15) is 5.75 Å². The van der Waals surface area contributed by atoms with E-state index >= 15 is 0 Å². The van der Waals surface area contributed by atoms with Gasteiger partial charge in [-0.2, -0.15) is 0 Å². The van der Waals surface area contributed by atoms with E-state index in [4.69, 9.17) is 9.15 Å². The predicted octanol–water partition coefficient (Wildman–Crippen LogP) is 2.39. The van der Waals surface area contributed by atoms with Gasteiger partial charge in [-0.15, -0.1) is 0 Å². The number of nitrogens with zero attached hydrogens (tertiary/aromatic N) is 1. The van der Waals surface area contributed by atoms with Crippen LogP contribution in [0.5, 0.6) is 5.75 Å². The van der Waals surface area contributed by atoms with E-state index in [9.17, 15) is 9.59 Å². The van der Waals surface area contributed by atoms with Gasteiger partial charge in [-0.3, -0.25) is 9.59 Å². The molecular formula is C19H22N2O4. The van der Waals surface area contributed by atoms with Gasteiger partial charge in [0, 0.05) is 19.1 Å². The molecule has 1 fully saturated rings. The van der Waals surface area contributed by atoms with E-state index in [-0.39, 0.29) is 24.5 Å². The summed E-state index contributed by atoms with van der Waals surface area (Å²) >= 11 is 0. The van der Waals surface area contributed by atoms with E-state index in [1.54, 1.807) is 17.0 Å². The molecule has 25 heavy (non-hydrogen) atoms. The number of furan rings is 1. The third kappa shape index (κ3) is 4.62. The SMILES string of the molecule is Cc1cccc(OCC(=O)NC2CCN(C(=O)c3ccco3)CC2)c1. The molecule has 6 heteroatoms. The molecule has 0 aliphatic carbocycles. The lowest BCUT2D eigenvalue weighted by atomic mass is 10.0. The van der Waals surface area contributed by atoms with Gasteiger partial charge in [0.05, 0.1) is 6.26 Å². The van der Waals surface area contributed by atoms with Gasteiger partial charge in [0.25, 0.3) is 11.8 Å². The van der Waals surface area contributed by atoms with E-state index in [1.807, 2.05) is 31.2 Å². The summed E-state index contributed by atoms with van der Waals surface area (Å²) in [4.78, 5) is 26.0. The Morgan fingerprint density at radius 2 is 2.04 bits per heavy atom. The number of ether oxygens (including phenoxy) is 1. The molecule has 1 aliphatic heterocycles. The number of carbonyl (C=O) groups is 2. The molecule has 3 rings (SSSR count). The van der Waals surface area contributed by atoms with Crippen molar-refractivity contribution in [3.05, 3.63) is 54.0 Å². The molecule has 0 saturated carbocycles. The summed E-state index contributed by atoms with van der Waals surface area (Å²) in [5.41, 5.74) is 1.09. The van der Waals surface area contributed by atoms with Crippen LogP contribution in [0.2, 0.25) is 0 Å². The maximum Gasteiger partial charge on any atom is 0.289 e. The summed E-state index contributed by atoms with van der Waals surface area (Å²) in [5, 5.41) is 2.97. The number of benzene rings is 1. The second-order valence-corrected chi connectivity index (χ2v) is 6.22. The standard InChI is InChI=1S/C19H22N2O4/c1-14-4-2-5-16(12-14)25-13-18(22)20-15-7-9-21(10-8-15)19(23)17-6-3-11-24-17/h2-6,11-12,15H,7-10,13H2,1H3,(H,20,22). The Balaban J connectivity index is 1.41. The van der Waals surface area contributed by atoms with Crippen LogP contribution < -0.4 is 10.1 Å². The van der Waals surface area contributed by atoms with Crippen LogP contribution in [-0.4, -0.2) is 42.5 Å². The third-order valence-corrected chi connectivity index (χ3v) is 4.24. The Morgan fingerprint density at radius 3 is 2.72 bits per heavy atom. The summed E-state index contributed by atoms with van der Waals surface area (Å²) in [6.07, 6.45) is 2.94. The largest absolute Gasteiger partial charge is 0.484 e. The molecule has 1 saturated heterocycles. The maximum atomic E-state index is 12.2. The normalized spacial score (nSPS) is 15.0. The van der Waals surface area contributed by atoms with Crippen LogP contribution in [0.3, 0.4) is 0 Å². The molecule has 2 aromatic rings. The molecule has 0 atom stereocenters. The smallest absolute Gasteiger partial charge is 0.289 e. The summed E-state index contributed by atoms with van der Waals surface area (Å²) in [5.74, 6) is 0.804. The lowest BCUT2D eigenvalue weighted by molar-refractivity contribution is -0.124. The minimum absolute atomic E-state index is 0.00497. The number of rotatable bonds is 5. The second kappa shape index (κ2) is 7.88. The molecular weight excluding hydrogens is 320 g/mol. The molecule has 1 aliphatic rings. The average Bonchev–Trinajstić information content (AvgIpc) is 3.15. The first-order valence-electron chi connectivity index (χ1n) is 8.43. The molecule has 0 spiro atoms. The van der Waals surface area contributed by atoms with Crippen LogP contribution in [0.15, 0.2) is 47.1 Å². The fourth-order valence-electron chi connectivity index (χ4n) is 2.91. The zero-order chi connectivity index (χ0) is 17.6. The highest BCUT2D eigenvalue weighted by Gasteiger charge is 2.25. The van der Waals surface area contributed by atoms with Gasteiger partial charge in [-0.25, -0.2) is 0 Å². The quantitative estimate of drug-likeness (QED) is 0.906. The van der Waals surface area contributed by atoms with Crippen LogP contribution >= 0.6 is 0 Å². The van der Waals surface area contributed by atoms with Crippen LogP contribution in [0, 0.1) is 6.92 Å². The first-order chi connectivity index (χ1) is 12.1. The zero-order valence-corrected chi connectivity index (χ0v) is 14.2. The Morgan fingerprint density at radius 1 is 1.24 bits per heavy atom. The monoisotopic (exact) mass is 342 g/mol. The van der Waals surface area contributed by atoms with E-state index in [1.165, 1.54) is 6.26 Å². The Bertz CT molecular complexity index is 719. The van der Waals surface area contributed by atoms with Crippen molar-refractivity contribution in [3.63, 3.8) is 0 Å². The van der Waals surface area contributed by atoms with Gasteiger partial charge < -0.3 is 19.4 Å². The molecule has 2 amide bonds. The van der Waals surface area contributed by atoms with Crippen molar-refractivity contribution in [1.82, 2.24) is 10.2 Å². The van der Waals surface area contributed by atoms with Crippen molar-refractivity contribution < 1.29 is 18.7 Å². The number of aryl methyl sites for hydroxylation is 1. The lowest BCUT2D eigenvalue weighted by Crippen LogP contribution is -2.47. The Hall–Kier alpha value is -2.76. The van der Waals surface area contributed by atoms with Crippen molar-refractivity contribution in [3.8, 4) is 5.75 Å². The van der Waals surface area contributed by atoms with Gasteiger partial charge in [0.2, 0.25) is 0 Å². The van der Waals surface area contributed by atoms with E-state index in [0.717, 1.165) is 18.4 Å². The highest BCUT2D eigenvalue weighted by Crippen LogP contribution is 2.15. The molecule has 132 valence electrons. The second-order valence-electron chi connectivity index (χ2n) is 6.22. The molecule has 0 bridgehead atoms. The number of amides is 2. The summed E-state index contributed by atoms with van der Waals surface area (Å²) in [7, 11) is 0. The van der Waals surface area contributed by atoms with E-state index in [0.29, 0.717) is 24.6 Å². The molecule has 1 N–H and O–H groups in total. The zero-order valence-electron chi connectivity index (χ0n) is 14.2. The van der Waals surface area contributed by atoms with Crippen LogP contribution in [-0.2, 0) is 4.79 Å². The number of carbonyl (C=O) groups excluding carboxylic acids is 2. The van der Waals surface area contributed by atoms with Crippen molar-refractivity contribution in [2.75, 3.05) is 19.7 Å². The van der Waals surface area contributed by atoms with Gasteiger partial charge in [0.15, 0.2) is 12.4 Å². The van der Waals surface area contributed by atoms with Crippen LogP contribution in [0.25, 0.3) is 0 Å². The highest BCUT2D eigenvalue weighted by atomic mass is 16.5. The summed E-state index contributed by atoms with van der Waals surface area (Å²) in [6, 6.07) is 11.0. The van der Waals surface area contributed by atoms with Gasteiger partial charge >= 0.3 is 0 Å². The van der Waals surface area contributed by atoms with Crippen molar-refractivity contribution >= 4 is 11.8 Å². The van der Waals surface area contributed by atoms with Crippen molar-refractivity contribution in [2.45, 2.75) is 25.8 Å². The Labute approximate surface area is 146 Å². The molecule has 0 unspecified atom stereocenters. The predicted molar refractivity (Wildman–Crippen MR) is 92.5 cm³/mol. The minimum Gasteiger partial charge on any atom is -0.484 e. The van der Waals surface area contributed by atoms with Crippen molar-refractivity contribution in [1.29, 1.82) is 0 Å². The molecule has 1 aromatic heterocycles. The van der Waals surface area contributed by atoms with Gasteiger partial charge in [-0.1, -0.05) is 12.1 Å². The van der Waals surface area contributed by atoms with Gasteiger partial charge in [-0.05, 0) is 49.6 Å². The van der Waals surface area contributed by atoms with Crippen LogP contribution in [0.4, 0.5) is 0 Å². The molecule has 6 nitrogen and oxygen atoms in total. The number of piperidine rings is 1. The number of likely N-dealkylation sites (tertiary alicyclic amines) is 1. The number of hydrogen-bond acceptors (Lipinski definition) is 4. The molecule has 0 radical (unpaired) electrons. The van der Waals surface area contributed by atoms with E-state index < -0.39 is 0 Å². The first kappa shape index (κ1) is 17.1. The fourth-order valence-corrected chi connectivity index (χ4v) is 2.91. The van der Waals surface area contributed by atoms with Crippen molar-refractivity contribution in [2.24, 2.45) is 0 Å². The maximum absolute atomic E-state index is 12.2. The number of hydrogen-bond donors (Lipinski definition) is 1. The lowest BCUT2D eigenvalue weighted by Gasteiger charge is -2.31. The fraction of sp³-hybridized carbons (Fsp3) is 0.368. The first-order valence-corrected chi connectivity index (χ1v) is 8.43. The van der Waals surface area contributed by atoms with Crippen LogP contribution in [0.1, 0.15) is 29.0 Å².